The van der Waals surface area contributed by atoms with Crippen LogP contribution in [0.25, 0.3) is 0 Å². The highest BCUT2D eigenvalue weighted by Gasteiger charge is 2.13. The molecule has 0 aliphatic rings. The van der Waals surface area contributed by atoms with Crippen LogP contribution >= 0.6 is 0 Å². The molecule has 0 heterocycles. The van der Waals surface area contributed by atoms with Crippen molar-refractivity contribution in [3.63, 3.8) is 0 Å². The van der Waals surface area contributed by atoms with Crippen LogP contribution < -0.4 is 0 Å². The molecule has 0 bridgehead atoms. The van der Waals surface area contributed by atoms with Crippen LogP contribution in [0.2, 0.25) is 0 Å². The van der Waals surface area contributed by atoms with Gasteiger partial charge in [0, 0.05) is 6.42 Å². The van der Waals surface area contributed by atoms with Crippen LogP contribution in [0.1, 0.15) is 20.3 Å². The smallest absolute Gasteiger partial charge is 0.182 e. The van der Waals surface area contributed by atoms with E-state index in [0.29, 0.717) is 6.42 Å². The monoisotopic (exact) mass is 116 g/mol. The molecule has 0 atom stereocenters. The number of rotatable bonds is 2. The number of aliphatic hydroxyl groups is 2. The van der Waals surface area contributed by atoms with Gasteiger partial charge in [0.25, 0.3) is 0 Å². The molecule has 0 saturated heterocycles. The lowest BCUT2D eigenvalue weighted by atomic mass is 10.2. The third kappa shape index (κ3) is 2.77. The summed E-state index contributed by atoms with van der Waals surface area (Å²) in [5.74, 6) is -1.59. The SMILES string of the molecule is CC=CC(O)(O)CC. The van der Waals surface area contributed by atoms with Gasteiger partial charge < -0.3 is 10.2 Å². The van der Waals surface area contributed by atoms with Crippen molar-refractivity contribution in [3.8, 4) is 0 Å². The highest BCUT2D eigenvalue weighted by Crippen LogP contribution is 2.04. The Hall–Kier alpha value is -0.340. The third-order valence-corrected chi connectivity index (χ3v) is 0.954. The maximum absolute atomic E-state index is 8.79. The molecule has 0 amide bonds. The predicted molar refractivity (Wildman–Crippen MR) is 32.3 cm³/mol. The molecule has 0 rings (SSSR count). The van der Waals surface area contributed by atoms with Gasteiger partial charge in [0.15, 0.2) is 5.79 Å². The van der Waals surface area contributed by atoms with Crippen LogP contribution in [0.3, 0.4) is 0 Å². The quantitative estimate of drug-likeness (QED) is 0.411. The predicted octanol–water partition coefficient (Wildman–Crippen LogP) is 0.653. The first-order valence-electron chi connectivity index (χ1n) is 2.71. The molecule has 0 fully saturated rings. The van der Waals surface area contributed by atoms with Crippen LogP contribution in [0.5, 0.6) is 0 Å². The second-order valence-electron chi connectivity index (χ2n) is 1.73. The van der Waals surface area contributed by atoms with E-state index in [0.717, 1.165) is 0 Å². The van der Waals surface area contributed by atoms with Gasteiger partial charge in [-0.1, -0.05) is 13.0 Å². The van der Waals surface area contributed by atoms with Gasteiger partial charge in [-0.3, -0.25) is 0 Å². The van der Waals surface area contributed by atoms with Gasteiger partial charge in [0.05, 0.1) is 0 Å². The standard InChI is InChI=1S/C6H12O2/c1-3-5-6(7,8)4-2/h3,5,7-8H,4H2,1-2H3. The van der Waals surface area contributed by atoms with Crippen molar-refractivity contribution >= 4 is 0 Å². The molecule has 0 aromatic carbocycles. The summed E-state index contributed by atoms with van der Waals surface area (Å²) in [6.07, 6.45) is 3.30. The Bertz CT molecular complexity index is 84.5. The van der Waals surface area contributed by atoms with Crippen molar-refractivity contribution in [3.05, 3.63) is 12.2 Å². The molecule has 0 aromatic heterocycles. The highest BCUT2D eigenvalue weighted by molar-refractivity contribution is 4.90. The van der Waals surface area contributed by atoms with Crippen LogP contribution in [0, 0.1) is 0 Å². The molecule has 8 heavy (non-hydrogen) atoms. The molecule has 0 aromatic rings. The largest absolute Gasteiger partial charge is 0.362 e. The Kier molecular flexibility index (Phi) is 2.72. The van der Waals surface area contributed by atoms with Gasteiger partial charge in [-0.15, -0.1) is 0 Å². The van der Waals surface area contributed by atoms with Gasteiger partial charge in [-0.25, -0.2) is 0 Å². The van der Waals surface area contributed by atoms with Crippen molar-refractivity contribution in [2.45, 2.75) is 26.1 Å². The number of allylic oxidation sites excluding steroid dienone is 1. The van der Waals surface area contributed by atoms with Gasteiger partial charge in [0.1, 0.15) is 0 Å². The van der Waals surface area contributed by atoms with Crippen LogP contribution in [0.4, 0.5) is 0 Å². The summed E-state index contributed by atoms with van der Waals surface area (Å²) in [5.41, 5.74) is 0. The molecule has 0 radical (unpaired) electrons. The molecule has 48 valence electrons. The molecule has 0 aliphatic carbocycles. The Morgan fingerprint density at radius 1 is 1.50 bits per heavy atom. The van der Waals surface area contributed by atoms with Crippen molar-refractivity contribution in [1.82, 2.24) is 0 Å². The lowest BCUT2D eigenvalue weighted by molar-refractivity contribution is -0.119. The molecule has 0 unspecified atom stereocenters. The van der Waals surface area contributed by atoms with Gasteiger partial charge in [-0.05, 0) is 13.0 Å². The van der Waals surface area contributed by atoms with E-state index < -0.39 is 5.79 Å². The van der Waals surface area contributed by atoms with E-state index in [1.54, 1.807) is 19.9 Å². The normalized spacial score (nSPS) is 13.0. The molecule has 0 aliphatic heterocycles. The lowest BCUT2D eigenvalue weighted by Crippen LogP contribution is -2.22. The summed E-state index contributed by atoms with van der Waals surface area (Å²) in [6.45, 7) is 3.46. The topological polar surface area (TPSA) is 40.5 Å². The number of hydrogen-bond acceptors (Lipinski definition) is 2. The van der Waals surface area contributed by atoms with Gasteiger partial charge in [0.2, 0.25) is 0 Å². The van der Waals surface area contributed by atoms with E-state index in [2.05, 4.69) is 0 Å². The van der Waals surface area contributed by atoms with Gasteiger partial charge in [-0.2, -0.15) is 0 Å². The van der Waals surface area contributed by atoms with E-state index >= 15 is 0 Å². The minimum atomic E-state index is -1.59. The second kappa shape index (κ2) is 2.84. The summed E-state index contributed by atoms with van der Waals surface area (Å²) in [5, 5.41) is 17.6. The second-order valence-corrected chi connectivity index (χ2v) is 1.73. The van der Waals surface area contributed by atoms with Gasteiger partial charge >= 0.3 is 0 Å². The minimum Gasteiger partial charge on any atom is -0.362 e. The zero-order valence-electron chi connectivity index (χ0n) is 5.26. The molecule has 2 heteroatoms. The highest BCUT2D eigenvalue weighted by atomic mass is 16.5. The van der Waals surface area contributed by atoms with Crippen molar-refractivity contribution < 1.29 is 10.2 Å². The maximum Gasteiger partial charge on any atom is 0.182 e. The summed E-state index contributed by atoms with van der Waals surface area (Å²) in [4.78, 5) is 0. The fourth-order valence-electron chi connectivity index (χ4n) is 0.385. The third-order valence-electron chi connectivity index (χ3n) is 0.954. The molecular formula is C6H12O2. The van der Waals surface area contributed by atoms with Crippen molar-refractivity contribution in [2.24, 2.45) is 0 Å². The first kappa shape index (κ1) is 7.66. The van der Waals surface area contributed by atoms with Crippen LogP contribution in [0.15, 0.2) is 12.2 Å². The van der Waals surface area contributed by atoms with E-state index in [9.17, 15) is 0 Å². The zero-order chi connectivity index (χ0) is 6.62. The summed E-state index contributed by atoms with van der Waals surface area (Å²) in [6, 6.07) is 0. The fraction of sp³-hybridized carbons (Fsp3) is 0.667. The summed E-state index contributed by atoms with van der Waals surface area (Å²) >= 11 is 0. The van der Waals surface area contributed by atoms with E-state index in [1.807, 2.05) is 0 Å². The van der Waals surface area contributed by atoms with Crippen molar-refractivity contribution in [1.29, 1.82) is 0 Å². The molecule has 0 saturated carbocycles. The Morgan fingerprint density at radius 3 is 2.12 bits per heavy atom. The average Bonchev–Trinajstić information content (AvgIpc) is 1.67. The Labute approximate surface area is 49.5 Å². The molecular weight excluding hydrogens is 104 g/mol. The minimum absolute atomic E-state index is 0.331. The summed E-state index contributed by atoms with van der Waals surface area (Å²) < 4.78 is 0. The molecule has 2 N–H and O–H groups in total. The molecule has 2 nitrogen and oxygen atoms in total. The number of hydrogen-bond donors (Lipinski definition) is 2. The van der Waals surface area contributed by atoms with E-state index in [-0.39, 0.29) is 0 Å². The Balaban J connectivity index is 3.71. The first-order chi connectivity index (χ1) is 3.62. The van der Waals surface area contributed by atoms with E-state index in [4.69, 9.17) is 10.2 Å². The molecule has 0 spiro atoms. The lowest BCUT2D eigenvalue weighted by Gasteiger charge is -2.12. The maximum atomic E-state index is 8.79. The fourth-order valence-corrected chi connectivity index (χ4v) is 0.385. The first-order valence-corrected chi connectivity index (χ1v) is 2.71. The Morgan fingerprint density at radius 2 is 2.00 bits per heavy atom. The van der Waals surface area contributed by atoms with Crippen LogP contribution in [-0.2, 0) is 0 Å². The summed E-state index contributed by atoms with van der Waals surface area (Å²) in [7, 11) is 0. The average molecular weight is 116 g/mol. The van der Waals surface area contributed by atoms with Crippen LogP contribution in [-0.4, -0.2) is 16.0 Å². The van der Waals surface area contributed by atoms with Crippen molar-refractivity contribution in [2.75, 3.05) is 0 Å². The van der Waals surface area contributed by atoms with E-state index in [1.165, 1.54) is 6.08 Å². The zero-order valence-corrected chi connectivity index (χ0v) is 5.26.